The maximum Gasteiger partial charge on any atom is 0.124 e. The van der Waals surface area contributed by atoms with Gasteiger partial charge in [-0.1, -0.05) is 43.6 Å². The van der Waals surface area contributed by atoms with E-state index in [1.165, 1.54) is 5.56 Å². The van der Waals surface area contributed by atoms with E-state index >= 15 is 0 Å². The van der Waals surface area contributed by atoms with Crippen LogP contribution in [0.4, 0.5) is 0 Å². The number of ether oxygens (including phenoxy) is 1. The predicted molar refractivity (Wildman–Crippen MR) is 83.7 cm³/mol. The van der Waals surface area contributed by atoms with Crippen molar-refractivity contribution >= 4 is 15.9 Å². The van der Waals surface area contributed by atoms with Crippen molar-refractivity contribution in [2.45, 2.75) is 52.7 Å². The minimum atomic E-state index is 0.164. The van der Waals surface area contributed by atoms with Crippen LogP contribution in [-0.2, 0) is 0 Å². The lowest BCUT2D eigenvalue weighted by atomic mass is 9.82. The van der Waals surface area contributed by atoms with E-state index in [4.69, 9.17) is 4.74 Å². The average molecular weight is 326 g/mol. The van der Waals surface area contributed by atoms with Crippen LogP contribution >= 0.6 is 15.9 Å². The second-order valence-corrected chi connectivity index (χ2v) is 7.31. The van der Waals surface area contributed by atoms with Crippen molar-refractivity contribution in [3.63, 3.8) is 0 Å². The largest absolute Gasteiger partial charge is 0.489 e. The Bertz CT molecular complexity index is 439. The molecule has 0 saturated heterocycles. The second-order valence-electron chi connectivity index (χ2n) is 6.40. The third-order valence-electron chi connectivity index (χ3n) is 3.67. The zero-order valence-corrected chi connectivity index (χ0v) is 13.9. The summed E-state index contributed by atoms with van der Waals surface area (Å²) in [7, 11) is 0. The zero-order chi connectivity index (χ0) is 14.0. The van der Waals surface area contributed by atoms with Gasteiger partial charge in [-0.15, -0.1) is 0 Å². The molecule has 2 rings (SSSR count). The first kappa shape index (κ1) is 14.9. The van der Waals surface area contributed by atoms with Crippen molar-refractivity contribution < 1.29 is 4.74 Å². The van der Waals surface area contributed by atoms with Crippen LogP contribution in [0, 0.1) is 5.41 Å². The van der Waals surface area contributed by atoms with Crippen LogP contribution < -0.4 is 10.1 Å². The van der Waals surface area contributed by atoms with Gasteiger partial charge < -0.3 is 10.1 Å². The molecule has 3 heteroatoms. The molecule has 2 atom stereocenters. The fraction of sp³-hybridized carbons (Fsp3) is 0.625. The van der Waals surface area contributed by atoms with Gasteiger partial charge in [0.1, 0.15) is 11.9 Å². The number of rotatable bonds is 3. The summed E-state index contributed by atoms with van der Waals surface area (Å²) in [6.45, 7) is 10.00. The molecule has 19 heavy (non-hydrogen) atoms. The first-order chi connectivity index (χ1) is 8.91. The lowest BCUT2D eigenvalue weighted by Crippen LogP contribution is -2.40. The molecule has 0 aromatic heterocycles. The normalized spacial score (nSPS) is 22.8. The van der Waals surface area contributed by atoms with Gasteiger partial charge in [0.15, 0.2) is 0 Å². The molecule has 1 heterocycles. The van der Waals surface area contributed by atoms with Gasteiger partial charge in [0.05, 0.1) is 0 Å². The van der Waals surface area contributed by atoms with Crippen molar-refractivity contribution in [3.05, 3.63) is 28.2 Å². The Morgan fingerprint density at radius 1 is 1.37 bits per heavy atom. The molecule has 0 bridgehead atoms. The van der Waals surface area contributed by atoms with Crippen molar-refractivity contribution in [2.75, 3.05) is 6.54 Å². The van der Waals surface area contributed by atoms with E-state index in [-0.39, 0.29) is 11.5 Å². The van der Waals surface area contributed by atoms with Gasteiger partial charge in [0.2, 0.25) is 0 Å². The molecule has 1 aliphatic heterocycles. The van der Waals surface area contributed by atoms with Crippen molar-refractivity contribution in [2.24, 2.45) is 5.41 Å². The molecule has 1 aromatic rings. The fourth-order valence-electron chi connectivity index (χ4n) is 2.48. The van der Waals surface area contributed by atoms with Crippen molar-refractivity contribution in [1.82, 2.24) is 5.32 Å². The molecule has 0 spiro atoms. The van der Waals surface area contributed by atoms with Gasteiger partial charge in [-0.25, -0.2) is 0 Å². The van der Waals surface area contributed by atoms with Crippen LogP contribution in [0.25, 0.3) is 0 Å². The lowest BCUT2D eigenvalue weighted by Gasteiger charge is -2.39. The Hall–Kier alpha value is -0.540. The summed E-state index contributed by atoms with van der Waals surface area (Å²) in [6.07, 6.45) is 2.45. The van der Waals surface area contributed by atoms with E-state index in [0.29, 0.717) is 6.04 Å². The summed E-state index contributed by atoms with van der Waals surface area (Å²) in [5, 5.41) is 3.66. The summed E-state index contributed by atoms with van der Waals surface area (Å²) in [6, 6.07) is 6.71. The number of hydrogen-bond donors (Lipinski definition) is 1. The Labute approximate surface area is 125 Å². The minimum Gasteiger partial charge on any atom is -0.489 e. The summed E-state index contributed by atoms with van der Waals surface area (Å²) >= 11 is 3.56. The van der Waals surface area contributed by atoms with E-state index in [0.717, 1.165) is 29.6 Å². The predicted octanol–water partition coefficient (Wildman–Crippen LogP) is 4.69. The zero-order valence-electron chi connectivity index (χ0n) is 12.3. The highest BCUT2D eigenvalue weighted by molar-refractivity contribution is 9.10. The molecule has 0 fully saturated rings. The summed E-state index contributed by atoms with van der Waals surface area (Å²) in [5.74, 6) is 1.03. The minimum absolute atomic E-state index is 0.164. The van der Waals surface area contributed by atoms with Gasteiger partial charge in [0.25, 0.3) is 0 Å². The molecular formula is C16H24BrNO. The van der Waals surface area contributed by atoms with Gasteiger partial charge in [0, 0.05) is 22.5 Å². The van der Waals surface area contributed by atoms with E-state index in [9.17, 15) is 0 Å². The third kappa shape index (κ3) is 3.51. The fourth-order valence-corrected chi connectivity index (χ4v) is 2.86. The SMILES string of the molecule is CCCNC1CC(C(C)(C)C)Oc2ccc(Br)cc21. The van der Waals surface area contributed by atoms with Crippen molar-refractivity contribution in [3.8, 4) is 5.75 Å². The van der Waals surface area contributed by atoms with Crippen LogP contribution in [0.5, 0.6) is 5.75 Å². The number of hydrogen-bond acceptors (Lipinski definition) is 2. The first-order valence-corrected chi connectivity index (χ1v) is 7.90. The highest BCUT2D eigenvalue weighted by atomic mass is 79.9. The van der Waals surface area contributed by atoms with E-state index < -0.39 is 0 Å². The number of halogens is 1. The highest BCUT2D eigenvalue weighted by Crippen LogP contribution is 2.41. The maximum absolute atomic E-state index is 6.20. The van der Waals surface area contributed by atoms with Gasteiger partial charge in [-0.3, -0.25) is 0 Å². The molecule has 2 nitrogen and oxygen atoms in total. The highest BCUT2D eigenvalue weighted by Gasteiger charge is 2.35. The van der Waals surface area contributed by atoms with Crippen LogP contribution in [0.15, 0.2) is 22.7 Å². The number of fused-ring (bicyclic) bond motifs is 1. The summed E-state index contributed by atoms with van der Waals surface area (Å²) in [4.78, 5) is 0. The molecule has 0 amide bonds. The number of benzene rings is 1. The molecule has 0 aliphatic carbocycles. The molecule has 106 valence electrons. The number of nitrogens with one attached hydrogen (secondary N) is 1. The average Bonchev–Trinajstić information content (AvgIpc) is 2.34. The Kier molecular flexibility index (Phi) is 4.57. The topological polar surface area (TPSA) is 21.3 Å². The van der Waals surface area contributed by atoms with Crippen LogP contribution in [0.3, 0.4) is 0 Å². The molecule has 2 unspecified atom stereocenters. The standard InChI is InChI=1S/C16H24BrNO/c1-5-8-18-13-10-15(16(2,3)4)19-14-7-6-11(17)9-12(13)14/h6-7,9,13,15,18H,5,8,10H2,1-4H3. The summed E-state index contributed by atoms with van der Waals surface area (Å²) in [5.41, 5.74) is 1.44. The van der Waals surface area contributed by atoms with E-state index in [1.54, 1.807) is 0 Å². The Balaban J connectivity index is 2.29. The lowest BCUT2D eigenvalue weighted by molar-refractivity contribution is 0.0528. The van der Waals surface area contributed by atoms with Gasteiger partial charge in [-0.05, 0) is 36.6 Å². The molecular weight excluding hydrogens is 302 g/mol. The molecule has 0 saturated carbocycles. The molecule has 0 radical (unpaired) electrons. The monoisotopic (exact) mass is 325 g/mol. The Morgan fingerprint density at radius 2 is 2.11 bits per heavy atom. The maximum atomic E-state index is 6.20. The summed E-state index contributed by atoms with van der Waals surface area (Å²) < 4.78 is 7.32. The van der Waals surface area contributed by atoms with Crippen LogP contribution in [-0.4, -0.2) is 12.6 Å². The second kappa shape index (κ2) is 5.84. The van der Waals surface area contributed by atoms with Crippen LogP contribution in [0.1, 0.15) is 52.1 Å². The van der Waals surface area contributed by atoms with E-state index in [1.807, 2.05) is 0 Å². The van der Waals surface area contributed by atoms with Crippen molar-refractivity contribution in [1.29, 1.82) is 0 Å². The molecule has 1 aromatic carbocycles. The molecule has 1 N–H and O–H groups in total. The third-order valence-corrected chi connectivity index (χ3v) is 4.17. The first-order valence-electron chi connectivity index (χ1n) is 7.11. The van der Waals surface area contributed by atoms with Gasteiger partial charge in [-0.2, -0.15) is 0 Å². The quantitative estimate of drug-likeness (QED) is 0.870. The molecule has 1 aliphatic rings. The van der Waals surface area contributed by atoms with Gasteiger partial charge >= 0.3 is 0 Å². The van der Waals surface area contributed by atoms with Crippen LogP contribution in [0.2, 0.25) is 0 Å². The Morgan fingerprint density at radius 3 is 2.74 bits per heavy atom. The smallest absolute Gasteiger partial charge is 0.124 e. The van der Waals surface area contributed by atoms with E-state index in [2.05, 4.69) is 67.1 Å².